The maximum atomic E-state index is 12.3. The van der Waals surface area contributed by atoms with Crippen molar-refractivity contribution in [3.63, 3.8) is 0 Å². The van der Waals surface area contributed by atoms with Gasteiger partial charge in [0, 0.05) is 5.69 Å². The number of hydrogen-bond donors (Lipinski definition) is 1. The Morgan fingerprint density at radius 2 is 1.82 bits per heavy atom. The lowest BCUT2D eigenvalue weighted by atomic mass is 10.2. The Morgan fingerprint density at radius 1 is 1.07 bits per heavy atom. The van der Waals surface area contributed by atoms with Crippen LogP contribution in [0.5, 0.6) is 0 Å². The summed E-state index contributed by atoms with van der Waals surface area (Å²) in [4.78, 5) is 16.0. The van der Waals surface area contributed by atoms with Gasteiger partial charge in [0.25, 0.3) is 0 Å². The number of nitriles is 1. The maximum absolute atomic E-state index is 12.3. The van der Waals surface area contributed by atoms with E-state index in [0.717, 1.165) is 17.1 Å². The largest absolute Gasteiger partial charge is 0.360 e. The van der Waals surface area contributed by atoms with Crippen LogP contribution in [0.15, 0.2) is 71.0 Å². The van der Waals surface area contributed by atoms with Gasteiger partial charge in [0.2, 0.25) is 5.91 Å². The number of carbonyl (C=O) groups excluding carboxylic acids is 1. The molecule has 1 fully saturated rings. The van der Waals surface area contributed by atoms with E-state index in [-0.39, 0.29) is 5.91 Å². The first-order valence-electron chi connectivity index (χ1n) is 8.94. The minimum Gasteiger partial charge on any atom is -0.360 e. The summed E-state index contributed by atoms with van der Waals surface area (Å²) in [6.07, 6.45) is 0. The van der Waals surface area contributed by atoms with E-state index in [1.807, 2.05) is 30.3 Å². The number of carbonyl (C=O) groups is 1. The van der Waals surface area contributed by atoms with Crippen molar-refractivity contribution in [1.29, 1.82) is 5.26 Å². The van der Waals surface area contributed by atoms with Crippen molar-refractivity contribution in [2.24, 2.45) is 5.10 Å². The van der Waals surface area contributed by atoms with Gasteiger partial charge in [-0.2, -0.15) is 5.26 Å². The molecule has 0 radical (unpaired) electrons. The number of amidine groups is 1. The summed E-state index contributed by atoms with van der Waals surface area (Å²) in [7, 11) is 0. The third-order valence-corrected chi connectivity index (χ3v) is 5.59. The second kappa shape index (κ2) is 7.79. The van der Waals surface area contributed by atoms with Gasteiger partial charge in [-0.05, 0) is 31.2 Å². The Bertz CT molecular complexity index is 992. The average Bonchev–Trinajstić information content (AvgIpc) is 3.30. The molecule has 2 aliphatic heterocycles. The van der Waals surface area contributed by atoms with Gasteiger partial charge in [0.05, 0.1) is 41.9 Å². The number of nitrogens with one attached hydrogen (secondary N) is 1. The number of amides is 1. The molecule has 2 aliphatic rings. The predicted octanol–water partition coefficient (Wildman–Crippen LogP) is 3.23. The summed E-state index contributed by atoms with van der Waals surface area (Å²) >= 11 is 1.39. The minimum atomic E-state index is -0.000981. The van der Waals surface area contributed by atoms with E-state index >= 15 is 0 Å². The summed E-state index contributed by atoms with van der Waals surface area (Å²) in [5.74, 6) is 0.355. The Hall–Kier alpha value is -3.24. The molecule has 7 heteroatoms. The van der Waals surface area contributed by atoms with Gasteiger partial charge < -0.3 is 4.90 Å². The fraction of sp³-hybridized carbons (Fsp3) is 0.190. The van der Waals surface area contributed by atoms with E-state index in [4.69, 9.17) is 0 Å². The minimum absolute atomic E-state index is 0.000981. The third-order valence-electron chi connectivity index (χ3n) is 4.66. The van der Waals surface area contributed by atoms with Crippen molar-refractivity contribution >= 4 is 34.2 Å². The maximum Gasteiger partial charge on any atom is 0.243 e. The molecule has 0 spiro atoms. The molecule has 1 amide bonds. The Labute approximate surface area is 168 Å². The molecule has 2 aromatic carbocycles. The first-order valence-corrected chi connectivity index (χ1v) is 9.92. The molecule has 1 saturated heterocycles. The van der Waals surface area contributed by atoms with E-state index in [1.165, 1.54) is 17.3 Å². The zero-order valence-corrected chi connectivity index (χ0v) is 16.2. The lowest BCUT2D eigenvalue weighted by Gasteiger charge is -2.19. The molecule has 1 N–H and O–H groups in total. The number of aryl methyl sites for hydroxylation is 1. The highest BCUT2D eigenvalue weighted by Crippen LogP contribution is 2.27. The second-order valence-electron chi connectivity index (χ2n) is 6.62. The standard InChI is InChI=1S/C21H19N5OS/c1-15-7-9-17(10-8-15)25-12-16(11-22)19(13-25)23-24-21-26(20(27)14-28-21)18-5-3-2-4-6-18/h2-10,23H,12-14H2,1H3. The molecule has 2 aromatic rings. The van der Waals surface area contributed by atoms with Crippen LogP contribution < -0.4 is 15.2 Å². The zero-order valence-electron chi connectivity index (χ0n) is 15.4. The van der Waals surface area contributed by atoms with E-state index in [9.17, 15) is 10.1 Å². The normalized spacial score (nSPS) is 18.1. The molecule has 0 atom stereocenters. The summed E-state index contributed by atoms with van der Waals surface area (Å²) in [6.45, 7) is 3.17. The Morgan fingerprint density at radius 3 is 2.54 bits per heavy atom. The average molecular weight is 389 g/mol. The SMILES string of the molecule is Cc1ccc(N2CC(C#N)=C(NN=C3SCC(=O)N3c3ccccc3)C2)cc1. The van der Waals surface area contributed by atoms with Crippen LogP contribution in [0.2, 0.25) is 0 Å². The number of para-hydroxylation sites is 1. The van der Waals surface area contributed by atoms with Gasteiger partial charge in [-0.1, -0.05) is 47.7 Å². The monoisotopic (exact) mass is 389 g/mol. The number of nitrogens with zero attached hydrogens (tertiary/aromatic N) is 4. The van der Waals surface area contributed by atoms with Crippen molar-refractivity contribution < 1.29 is 4.79 Å². The van der Waals surface area contributed by atoms with E-state index in [2.05, 4.69) is 52.7 Å². The number of anilines is 2. The van der Waals surface area contributed by atoms with Crippen LogP contribution in [0.1, 0.15) is 5.56 Å². The second-order valence-corrected chi connectivity index (χ2v) is 7.56. The number of hydrazone groups is 1. The van der Waals surface area contributed by atoms with Crippen LogP contribution in [0.4, 0.5) is 11.4 Å². The highest BCUT2D eigenvalue weighted by atomic mass is 32.2. The molecule has 0 saturated carbocycles. The van der Waals surface area contributed by atoms with Crippen molar-refractivity contribution in [1.82, 2.24) is 5.43 Å². The van der Waals surface area contributed by atoms with Crippen LogP contribution >= 0.6 is 11.8 Å². The fourth-order valence-electron chi connectivity index (χ4n) is 3.16. The summed E-state index contributed by atoms with van der Waals surface area (Å²) in [6, 6.07) is 20.0. The van der Waals surface area contributed by atoms with E-state index in [0.29, 0.717) is 29.6 Å². The molecule has 6 nitrogen and oxygen atoms in total. The third kappa shape index (κ3) is 3.59. The molecule has 140 valence electrons. The Kier molecular flexibility index (Phi) is 5.04. The van der Waals surface area contributed by atoms with E-state index < -0.39 is 0 Å². The zero-order chi connectivity index (χ0) is 19.5. The van der Waals surface area contributed by atoms with Gasteiger partial charge in [0.15, 0.2) is 5.17 Å². The van der Waals surface area contributed by atoms with Gasteiger partial charge >= 0.3 is 0 Å². The van der Waals surface area contributed by atoms with Crippen molar-refractivity contribution in [2.45, 2.75) is 6.92 Å². The molecule has 2 heterocycles. The van der Waals surface area contributed by atoms with Gasteiger partial charge in [-0.25, -0.2) is 0 Å². The van der Waals surface area contributed by atoms with Crippen LogP contribution in [-0.4, -0.2) is 29.9 Å². The smallest absolute Gasteiger partial charge is 0.243 e. The predicted molar refractivity (Wildman–Crippen MR) is 113 cm³/mol. The van der Waals surface area contributed by atoms with Crippen molar-refractivity contribution in [2.75, 3.05) is 28.6 Å². The molecular formula is C21H19N5OS. The molecule has 0 aliphatic carbocycles. The number of thioether (sulfide) groups is 1. The van der Waals surface area contributed by atoms with Gasteiger partial charge in [-0.15, -0.1) is 5.10 Å². The first-order chi connectivity index (χ1) is 13.7. The molecule has 28 heavy (non-hydrogen) atoms. The number of hydrogen-bond acceptors (Lipinski definition) is 6. The number of benzene rings is 2. The van der Waals surface area contributed by atoms with Crippen molar-refractivity contribution in [3.05, 3.63) is 71.4 Å². The van der Waals surface area contributed by atoms with Crippen LogP contribution in [0, 0.1) is 18.3 Å². The molecule has 0 aromatic heterocycles. The summed E-state index contributed by atoms with van der Waals surface area (Å²) in [5, 5.41) is 14.6. The fourth-order valence-corrected chi connectivity index (χ4v) is 3.99. The summed E-state index contributed by atoms with van der Waals surface area (Å²) < 4.78 is 0. The van der Waals surface area contributed by atoms with Crippen LogP contribution in [0.3, 0.4) is 0 Å². The van der Waals surface area contributed by atoms with Crippen LogP contribution in [0.25, 0.3) is 0 Å². The highest BCUT2D eigenvalue weighted by molar-refractivity contribution is 8.15. The molecule has 0 unspecified atom stereocenters. The van der Waals surface area contributed by atoms with E-state index in [1.54, 1.807) is 4.90 Å². The van der Waals surface area contributed by atoms with Crippen LogP contribution in [-0.2, 0) is 4.79 Å². The topological polar surface area (TPSA) is 71.7 Å². The van der Waals surface area contributed by atoms with Crippen molar-refractivity contribution in [3.8, 4) is 6.07 Å². The molecular weight excluding hydrogens is 370 g/mol. The summed E-state index contributed by atoms with van der Waals surface area (Å²) in [5.41, 5.74) is 7.53. The highest BCUT2D eigenvalue weighted by Gasteiger charge is 2.30. The quantitative estimate of drug-likeness (QED) is 0.813. The molecule has 0 bridgehead atoms. The first kappa shape index (κ1) is 18.1. The van der Waals surface area contributed by atoms with Gasteiger partial charge in [0.1, 0.15) is 0 Å². The lowest BCUT2D eigenvalue weighted by Crippen LogP contribution is -2.30. The molecule has 4 rings (SSSR count). The number of rotatable bonds is 4. The Balaban J connectivity index is 1.52. The van der Waals surface area contributed by atoms with Gasteiger partial charge in [-0.3, -0.25) is 15.1 Å². The lowest BCUT2D eigenvalue weighted by molar-refractivity contribution is -0.115.